The molecule has 4 heteroatoms. The van der Waals surface area contributed by atoms with Gasteiger partial charge in [0.05, 0.1) is 7.11 Å². The molecule has 0 saturated heterocycles. The summed E-state index contributed by atoms with van der Waals surface area (Å²) in [5.74, 6) is 1.39. The van der Waals surface area contributed by atoms with Crippen molar-refractivity contribution in [1.29, 1.82) is 0 Å². The van der Waals surface area contributed by atoms with Gasteiger partial charge in [0.1, 0.15) is 11.3 Å². The van der Waals surface area contributed by atoms with E-state index in [1.165, 1.54) is 25.7 Å². The van der Waals surface area contributed by atoms with Gasteiger partial charge >= 0.3 is 5.63 Å². The van der Waals surface area contributed by atoms with E-state index in [1.54, 1.807) is 19.2 Å². The molecular formula is C18H23NO3. The third-order valence-corrected chi connectivity index (χ3v) is 4.70. The molecule has 0 aliphatic heterocycles. The number of fused-ring (bicyclic) bond motifs is 1. The van der Waals surface area contributed by atoms with Gasteiger partial charge < -0.3 is 14.5 Å². The van der Waals surface area contributed by atoms with E-state index >= 15 is 0 Å². The van der Waals surface area contributed by atoms with Crippen molar-refractivity contribution in [2.24, 2.45) is 5.92 Å². The lowest BCUT2D eigenvalue weighted by atomic mass is 9.86. The molecule has 1 saturated carbocycles. The second kappa shape index (κ2) is 6.53. The second-order valence-corrected chi connectivity index (χ2v) is 6.20. The Labute approximate surface area is 130 Å². The van der Waals surface area contributed by atoms with Gasteiger partial charge in [0.15, 0.2) is 0 Å². The van der Waals surface area contributed by atoms with Crippen LogP contribution in [-0.4, -0.2) is 13.2 Å². The number of hydrogen-bond acceptors (Lipinski definition) is 4. The second-order valence-electron chi connectivity index (χ2n) is 6.20. The average Bonchev–Trinajstić information content (AvgIpc) is 2.53. The van der Waals surface area contributed by atoms with Gasteiger partial charge in [0.2, 0.25) is 0 Å². The lowest BCUT2D eigenvalue weighted by Gasteiger charge is -2.29. The van der Waals surface area contributed by atoms with Crippen LogP contribution in [0, 0.1) is 5.92 Å². The molecule has 1 aromatic carbocycles. The number of hydrogen-bond donors (Lipinski definition) is 1. The van der Waals surface area contributed by atoms with Crippen LogP contribution >= 0.6 is 0 Å². The molecule has 2 aromatic rings. The van der Waals surface area contributed by atoms with E-state index in [0.717, 1.165) is 10.9 Å². The summed E-state index contributed by atoms with van der Waals surface area (Å²) in [4.78, 5) is 11.8. The van der Waals surface area contributed by atoms with Gasteiger partial charge in [-0.15, -0.1) is 0 Å². The molecule has 0 unspecified atom stereocenters. The van der Waals surface area contributed by atoms with Crippen molar-refractivity contribution in [3.8, 4) is 5.75 Å². The van der Waals surface area contributed by atoms with Gasteiger partial charge in [-0.1, -0.05) is 19.8 Å². The van der Waals surface area contributed by atoms with Crippen LogP contribution in [0.2, 0.25) is 0 Å². The lowest BCUT2D eigenvalue weighted by Crippen LogP contribution is -2.36. The summed E-state index contributed by atoms with van der Waals surface area (Å²) < 4.78 is 10.5. The van der Waals surface area contributed by atoms with Crippen LogP contribution in [0.25, 0.3) is 11.0 Å². The van der Waals surface area contributed by atoms with Crippen molar-refractivity contribution in [2.75, 3.05) is 7.11 Å². The lowest BCUT2D eigenvalue weighted by molar-refractivity contribution is 0.279. The fourth-order valence-electron chi connectivity index (χ4n) is 3.34. The maximum atomic E-state index is 11.8. The Hall–Kier alpha value is -1.81. The standard InChI is InChI=1S/C18H23NO3/c1-12-5-3-4-6-16(12)19-11-13-9-18(20)22-17-10-14(21-2)7-8-15(13)17/h7-10,12,16,19H,3-6,11H2,1-2H3/t12-,16-/m0/s1. The molecular weight excluding hydrogens is 278 g/mol. The van der Waals surface area contributed by atoms with Gasteiger partial charge in [-0.2, -0.15) is 0 Å². The van der Waals surface area contributed by atoms with Crippen LogP contribution in [0.5, 0.6) is 5.75 Å². The van der Waals surface area contributed by atoms with Crippen molar-refractivity contribution < 1.29 is 9.15 Å². The zero-order chi connectivity index (χ0) is 15.5. The zero-order valence-electron chi connectivity index (χ0n) is 13.2. The Morgan fingerprint density at radius 2 is 2.09 bits per heavy atom. The largest absolute Gasteiger partial charge is 0.497 e. The number of methoxy groups -OCH3 is 1. The molecule has 118 valence electrons. The summed E-state index contributed by atoms with van der Waals surface area (Å²) >= 11 is 0. The maximum absolute atomic E-state index is 11.8. The summed E-state index contributed by atoms with van der Waals surface area (Å²) in [6.07, 6.45) is 5.12. The summed E-state index contributed by atoms with van der Waals surface area (Å²) in [6, 6.07) is 7.75. The van der Waals surface area contributed by atoms with E-state index in [-0.39, 0.29) is 5.63 Å². The van der Waals surface area contributed by atoms with E-state index in [1.807, 2.05) is 12.1 Å². The van der Waals surface area contributed by atoms with Crippen LogP contribution in [-0.2, 0) is 6.54 Å². The first-order chi connectivity index (χ1) is 10.7. The van der Waals surface area contributed by atoms with E-state index < -0.39 is 0 Å². The van der Waals surface area contributed by atoms with Crippen LogP contribution in [0.15, 0.2) is 33.5 Å². The van der Waals surface area contributed by atoms with Crippen LogP contribution in [0.3, 0.4) is 0 Å². The van der Waals surface area contributed by atoms with Crippen molar-refractivity contribution in [3.63, 3.8) is 0 Å². The Morgan fingerprint density at radius 1 is 1.27 bits per heavy atom. The summed E-state index contributed by atoms with van der Waals surface area (Å²) in [6.45, 7) is 3.00. The number of benzene rings is 1. The topological polar surface area (TPSA) is 51.5 Å². The third-order valence-electron chi connectivity index (χ3n) is 4.70. The van der Waals surface area contributed by atoms with Crippen molar-refractivity contribution in [2.45, 2.75) is 45.2 Å². The highest BCUT2D eigenvalue weighted by Crippen LogP contribution is 2.25. The van der Waals surface area contributed by atoms with Gasteiger partial charge in [-0.25, -0.2) is 4.79 Å². The quantitative estimate of drug-likeness (QED) is 0.879. The predicted octanol–water partition coefficient (Wildman–Crippen LogP) is 3.47. The van der Waals surface area contributed by atoms with Crippen LogP contribution in [0.4, 0.5) is 0 Å². The Bertz CT molecular complexity index is 707. The predicted molar refractivity (Wildman–Crippen MR) is 87.3 cm³/mol. The Balaban J connectivity index is 1.85. The Kier molecular flexibility index (Phi) is 4.48. The highest BCUT2D eigenvalue weighted by Gasteiger charge is 2.20. The summed E-state index contributed by atoms with van der Waals surface area (Å²) in [7, 11) is 1.61. The summed E-state index contributed by atoms with van der Waals surface area (Å²) in [5.41, 5.74) is 1.27. The van der Waals surface area contributed by atoms with Crippen LogP contribution in [0.1, 0.15) is 38.2 Å². The molecule has 1 aliphatic rings. The van der Waals surface area contributed by atoms with E-state index in [9.17, 15) is 4.79 Å². The minimum atomic E-state index is -0.311. The van der Waals surface area contributed by atoms with Crippen molar-refractivity contribution >= 4 is 11.0 Å². The van der Waals surface area contributed by atoms with Gasteiger partial charge in [-0.3, -0.25) is 0 Å². The first-order valence-electron chi connectivity index (χ1n) is 8.01. The van der Waals surface area contributed by atoms with Crippen molar-refractivity contribution in [1.82, 2.24) is 5.32 Å². The molecule has 1 heterocycles. The SMILES string of the molecule is COc1ccc2c(CN[C@H]3CCCC[C@@H]3C)cc(=O)oc2c1. The molecule has 2 atom stereocenters. The third kappa shape index (κ3) is 3.17. The van der Waals surface area contributed by atoms with Gasteiger partial charge in [0, 0.05) is 30.1 Å². The fraction of sp³-hybridized carbons (Fsp3) is 0.500. The molecule has 22 heavy (non-hydrogen) atoms. The van der Waals surface area contributed by atoms with E-state index in [0.29, 0.717) is 29.8 Å². The molecule has 1 aliphatic carbocycles. The van der Waals surface area contributed by atoms with E-state index in [2.05, 4.69) is 12.2 Å². The van der Waals surface area contributed by atoms with Crippen LogP contribution < -0.4 is 15.7 Å². The average molecular weight is 301 g/mol. The Morgan fingerprint density at radius 3 is 2.86 bits per heavy atom. The molecule has 0 bridgehead atoms. The maximum Gasteiger partial charge on any atom is 0.336 e. The summed E-state index contributed by atoms with van der Waals surface area (Å²) in [5, 5.41) is 4.59. The minimum Gasteiger partial charge on any atom is -0.497 e. The first kappa shape index (κ1) is 15.1. The smallest absolute Gasteiger partial charge is 0.336 e. The van der Waals surface area contributed by atoms with Gasteiger partial charge in [0.25, 0.3) is 0 Å². The molecule has 4 nitrogen and oxygen atoms in total. The highest BCUT2D eigenvalue weighted by atomic mass is 16.5. The highest BCUT2D eigenvalue weighted by molar-refractivity contribution is 5.81. The first-order valence-corrected chi connectivity index (χ1v) is 8.01. The van der Waals surface area contributed by atoms with Crippen molar-refractivity contribution in [3.05, 3.63) is 40.2 Å². The molecule has 0 radical (unpaired) electrons. The molecule has 1 aromatic heterocycles. The molecule has 1 N–H and O–H groups in total. The normalized spacial score (nSPS) is 21.9. The monoisotopic (exact) mass is 301 g/mol. The number of rotatable bonds is 4. The fourth-order valence-corrected chi connectivity index (χ4v) is 3.34. The number of nitrogens with one attached hydrogen (secondary N) is 1. The zero-order valence-corrected chi connectivity index (χ0v) is 13.2. The van der Waals surface area contributed by atoms with E-state index in [4.69, 9.17) is 9.15 Å². The molecule has 3 rings (SSSR count). The molecule has 0 spiro atoms. The minimum absolute atomic E-state index is 0.311. The molecule has 0 amide bonds. The molecule has 1 fully saturated rings. The number of ether oxygens (including phenoxy) is 1. The van der Waals surface area contributed by atoms with Gasteiger partial charge in [-0.05, 0) is 36.5 Å².